The number of para-hydroxylation sites is 2. The van der Waals surface area contributed by atoms with Crippen LogP contribution in [0.25, 0.3) is 0 Å². The van der Waals surface area contributed by atoms with E-state index in [0.717, 1.165) is 43.6 Å². The summed E-state index contributed by atoms with van der Waals surface area (Å²) in [6.45, 7) is 7.22. The van der Waals surface area contributed by atoms with Gasteiger partial charge in [0.1, 0.15) is 6.10 Å². The summed E-state index contributed by atoms with van der Waals surface area (Å²) in [5, 5.41) is 6.64. The van der Waals surface area contributed by atoms with Crippen LogP contribution in [0.5, 0.6) is 11.5 Å². The molecule has 0 saturated carbocycles. The van der Waals surface area contributed by atoms with Gasteiger partial charge in [-0.05, 0) is 45.2 Å². The van der Waals surface area contributed by atoms with Gasteiger partial charge >= 0.3 is 0 Å². The van der Waals surface area contributed by atoms with Gasteiger partial charge < -0.3 is 24.8 Å². The zero-order valence-electron chi connectivity index (χ0n) is 15.6. The highest BCUT2D eigenvalue weighted by molar-refractivity contribution is 5.79. The first kappa shape index (κ1) is 19.4. The number of aliphatic imine (C=N–C) groups is 1. The van der Waals surface area contributed by atoms with Crippen molar-refractivity contribution >= 4 is 5.96 Å². The molecule has 0 aromatic heterocycles. The van der Waals surface area contributed by atoms with Crippen LogP contribution in [-0.2, 0) is 4.74 Å². The first-order chi connectivity index (χ1) is 12.2. The Balaban J connectivity index is 1.79. The first-order valence-electron chi connectivity index (χ1n) is 9.16. The second-order valence-corrected chi connectivity index (χ2v) is 6.15. The maximum atomic E-state index is 5.94. The van der Waals surface area contributed by atoms with Crippen LogP contribution in [-0.4, -0.2) is 51.5 Å². The van der Waals surface area contributed by atoms with Crippen LogP contribution in [0.4, 0.5) is 0 Å². The molecule has 0 bridgehead atoms. The van der Waals surface area contributed by atoms with E-state index in [1.54, 1.807) is 7.11 Å². The van der Waals surface area contributed by atoms with E-state index in [0.29, 0.717) is 12.6 Å². The predicted molar refractivity (Wildman–Crippen MR) is 101 cm³/mol. The number of hydrogen-bond acceptors (Lipinski definition) is 4. The smallest absolute Gasteiger partial charge is 0.191 e. The molecule has 1 aliphatic rings. The van der Waals surface area contributed by atoms with Gasteiger partial charge in [-0.1, -0.05) is 12.1 Å². The highest BCUT2D eigenvalue weighted by atomic mass is 16.5. The van der Waals surface area contributed by atoms with Crippen molar-refractivity contribution in [1.29, 1.82) is 0 Å². The topological polar surface area (TPSA) is 64.1 Å². The SMILES string of the molecule is CCNC(=NCC(C)Oc1ccccc1OC)NCCC1CCCO1. The Kier molecular flexibility index (Phi) is 8.39. The zero-order chi connectivity index (χ0) is 17.9. The fourth-order valence-corrected chi connectivity index (χ4v) is 2.76. The fourth-order valence-electron chi connectivity index (χ4n) is 2.76. The van der Waals surface area contributed by atoms with Gasteiger partial charge in [-0.2, -0.15) is 0 Å². The minimum absolute atomic E-state index is 0.0510. The molecule has 0 radical (unpaired) electrons. The van der Waals surface area contributed by atoms with Gasteiger partial charge in [-0.25, -0.2) is 4.99 Å². The molecule has 140 valence electrons. The Bertz CT molecular complexity index is 530. The van der Waals surface area contributed by atoms with E-state index in [9.17, 15) is 0 Å². The summed E-state index contributed by atoms with van der Waals surface area (Å²) >= 11 is 0. The number of guanidine groups is 1. The van der Waals surface area contributed by atoms with Crippen LogP contribution in [0, 0.1) is 0 Å². The summed E-state index contributed by atoms with van der Waals surface area (Å²) in [5.41, 5.74) is 0. The molecule has 25 heavy (non-hydrogen) atoms. The van der Waals surface area contributed by atoms with Crippen molar-refractivity contribution in [2.75, 3.05) is 33.4 Å². The molecule has 2 rings (SSSR count). The highest BCUT2D eigenvalue weighted by Gasteiger charge is 2.15. The van der Waals surface area contributed by atoms with E-state index in [1.807, 2.05) is 31.2 Å². The van der Waals surface area contributed by atoms with Crippen molar-refractivity contribution in [3.05, 3.63) is 24.3 Å². The standard InChI is InChI=1S/C19H31N3O3/c1-4-20-19(21-12-11-16-8-7-13-24-16)22-14-15(2)25-18-10-6-5-9-17(18)23-3/h5-6,9-10,15-16H,4,7-8,11-14H2,1-3H3,(H2,20,21,22). The van der Waals surface area contributed by atoms with Crippen molar-refractivity contribution in [1.82, 2.24) is 10.6 Å². The lowest BCUT2D eigenvalue weighted by Crippen LogP contribution is -2.39. The van der Waals surface area contributed by atoms with Gasteiger partial charge in [0.15, 0.2) is 17.5 Å². The van der Waals surface area contributed by atoms with Gasteiger partial charge in [0.05, 0.1) is 19.8 Å². The third-order valence-corrected chi connectivity index (χ3v) is 4.03. The normalized spacial score (nSPS) is 18.7. The molecular weight excluding hydrogens is 318 g/mol. The molecule has 1 aromatic rings. The average Bonchev–Trinajstić information content (AvgIpc) is 3.13. The summed E-state index contributed by atoms with van der Waals surface area (Å²) in [4.78, 5) is 4.62. The van der Waals surface area contributed by atoms with E-state index < -0.39 is 0 Å². The lowest BCUT2D eigenvalue weighted by molar-refractivity contribution is 0.105. The first-order valence-corrected chi connectivity index (χ1v) is 9.16. The molecule has 6 heteroatoms. The van der Waals surface area contributed by atoms with Gasteiger partial charge in [0.25, 0.3) is 0 Å². The number of nitrogens with one attached hydrogen (secondary N) is 2. The second-order valence-electron chi connectivity index (χ2n) is 6.15. The molecule has 1 aliphatic heterocycles. The summed E-state index contributed by atoms with van der Waals surface area (Å²) in [6, 6.07) is 7.66. The van der Waals surface area contributed by atoms with E-state index in [1.165, 1.54) is 12.8 Å². The lowest BCUT2D eigenvalue weighted by Gasteiger charge is -2.17. The van der Waals surface area contributed by atoms with Gasteiger partial charge in [-0.3, -0.25) is 0 Å². The molecule has 2 unspecified atom stereocenters. The van der Waals surface area contributed by atoms with Crippen LogP contribution in [0.1, 0.15) is 33.1 Å². The summed E-state index contributed by atoms with van der Waals surface area (Å²) in [7, 11) is 1.65. The van der Waals surface area contributed by atoms with Crippen molar-refractivity contribution in [2.45, 2.75) is 45.3 Å². The van der Waals surface area contributed by atoms with Gasteiger partial charge in [0, 0.05) is 19.7 Å². The molecule has 1 heterocycles. The van der Waals surface area contributed by atoms with E-state index in [2.05, 4.69) is 22.5 Å². The molecule has 0 amide bonds. The summed E-state index contributed by atoms with van der Waals surface area (Å²) in [5.74, 6) is 2.29. The second kappa shape index (κ2) is 10.8. The maximum Gasteiger partial charge on any atom is 0.191 e. The van der Waals surface area contributed by atoms with Crippen LogP contribution in [0.15, 0.2) is 29.3 Å². The molecule has 2 atom stereocenters. The number of hydrogen-bond donors (Lipinski definition) is 2. The average molecular weight is 349 g/mol. The number of rotatable bonds is 9. The molecule has 1 fully saturated rings. The molecule has 6 nitrogen and oxygen atoms in total. The summed E-state index contributed by atoms with van der Waals surface area (Å²) < 4.78 is 16.9. The zero-order valence-corrected chi connectivity index (χ0v) is 15.6. The van der Waals surface area contributed by atoms with Crippen LogP contribution < -0.4 is 20.1 Å². The Morgan fingerprint density at radius 3 is 2.80 bits per heavy atom. The Labute approximate surface area is 151 Å². The molecule has 1 aromatic carbocycles. The number of methoxy groups -OCH3 is 1. The monoisotopic (exact) mass is 349 g/mol. The minimum atomic E-state index is -0.0510. The molecule has 0 spiro atoms. The number of ether oxygens (including phenoxy) is 3. The van der Waals surface area contributed by atoms with Gasteiger partial charge in [0.2, 0.25) is 0 Å². The van der Waals surface area contributed by atoms with E-state index in [4.69, 9.17) is 14.2 Å². The molecule has 0 aliphatic carbocycles. The van der Waals surface area contributed by atoms with Crippen molar-refractivity contribution < 1.29 is 14.2 Å². The van der Waals surface area contributed by atoms with E-state index >= 15 is 0 Å². The number of nitrogens with zero attached hydrogens (tertiary/aromatic N) is 1. The lowest BCUT2D eigenvalue weighted by atomic mass is 10.2. The Morgan fingerprint density at radius 2 is 2.12 bits per heavy atom. The molecular formula is C19H31N3O3. The van der Waals surface area contributed by atoms with Gasteiger partial charge in [-0.15, -0.1) is 0 Å². The Hall–Kier alpha value is -1.95. The molecule has 2 N–H and O–H groups in total. The van der Waals surface area contributed by atoms with E-state index in [-0.39, 0.29) is 6.10 Å². The van der Waals surface area contributed by atoms with Crippen molar-refractivity contribution in [3.8, 4) is 11.5 Å². The van der Waals surface area contributed by atoms with Crippen LogP contribution in [0.3, 0.4) is 0 Å². The fraction of sp³-hybridized carbons (Fsp3) is 0.632. The van der Waals surface area contributed by atoms with Crippen LogP contribution in [0.2, 0.25) is 0 Å². The minimum Gasteiger partial charge on any atom is -0.493 e. The summed E-state index contributed by atoms with van der Waals surface area (Å²) in [6.07, 6.45) is 3.70. The predicted octanol–water partition coefficient (Wildman–Crippen LogP) is 2.59. The third-order valence-electron chi connectivity index (χ3n) is 4.03. The Morgan fingerprint density at radius 1 is 1.32 bits per heavy atom. The third kappa shape index (κ3) is 6.82. The van der Waals surface area contributed by atoms with Crippen LogP contribution >= 0.6 is 0 Å². The maximum absolute atomic E-state index is 5.94. The van der Waals surface area contributed by atoms with Crippen molar-refractivity contribution in [3.63, 3.8) is 0 Å². The number of benzene rings is 1. The van der Waals surface area contributed by atoms with Crippen molar-refractivity contribution in [2.24, 2.45) is 4.99 Å². The highest BCUT2D eigenvalue weighted by Crippen LogP contribution is 2.26. The largest absolute Gasteiger partial charge is 0.493 e. The quantitative estimate of drug-likeness (QED) is 0.530. The molecule has 1 saturated heterocycles.